The molecule has 0 aromatic heterocycles. The third kappa shape index (κ3) is 3.46. The van der Waals surface area contributed by atoms with Crippen LogP contribution in [0.3, 0.4) is 0 Å². The molecule has 0 fully saturated rings. The van der Waals surface area contributed by atoms with Crippen molar-refractivity contribution in [1.29, 1.82) is 0 Å². The Bertz CT molecular complexity index is 489. The van der Waals surface area contributed by atoms with Crippen LogP contribution >= 0.6 is 24.0 Å². The van der Waals surface area contributed by atoms with Crippen molar-refractivity contribution >= 4 is 29.9 Å². The lowest BCUT2D eigenvalue weighted by atomic mass is 9.95. The molecular formula is C15H22Cl2N2O. The van der Waals surface area contributed by atoms with Gasteiger partial charge in [0.1, 0.15) is 0 Å². The van der Waals surface area contributed by atoms with Crippen LogP contribution in [-0.2, 0) is 11.2 Å². The molecule has 3 nitrogen and oxygen atoms in total. The molecule has 1 aromatic rings. The zero-order chi connectivity index (χ0) is 14.0. The Kier molecular flexibility index (Phi) is 5.87. The summed E-state index contributed by atoms with van der Waals surface area (Å²) in [6.45, 7) is 3.82. The standard InChI is InChI=1S/C15H21ClN2O.ClH/c1-3-9-15(2,17)14(19)18-13-8-7-10-11(13)5-4-6-12(10)16;/h4-6,13H,3,7-9,17H2,1-2H3,(H,18,19);1H. The molecule has 1 aromatic carbocycles. The Morgan fingerprint density at radius 3 is 2.90 bits per heavy atom. The predicted octanol–water partition coefficient (Wildman–Crippen LogP) is 3.38. The van der Waals surface area contributed by atoms with Gasteiger partial charge in [-0.1, -0.05) is 37.1 Å². The Balaban J connectivity index is 0.00000200. The monoisotopic (exact) mass is 316 g/mol. The summed E-state index contributed by atoms with van der Waals surface area (Å²) < 4.78 is 0. The lowest BCUT2D eigenvalue weighted by Crippen LogP contribution is -2.52. The van der Waals surface area contributed by atoms with Crippen LogP contribution in [0.1, 0.15) is 50.3 Å². The molecule has 1 amide bonds. The molecule has 0 radical (unpaired) electrons. The largest absolute Gasteiger partial charge is 0.348 e. The first-order valence-electron chi connectivity index (χ1n) is 6.83. The first-order valence-corrected chi connectivity index (χ1v) is 7.20. The predicted molar refractivity (Wildman–Crippen MR) is 85.4 cm³/mol. The van der Waals surface area contributed by atoms with Crippen LogP contribution in [0.4, 0.5) is 0 Å². The SMILES string of the molecule is CCCC(C)(N)C(=O)NC1CCc2c(Cl)cccc21.Cl. The van der Waals surface area contributed by atoms with Gasteiger partial charge < -0.3 is 11.1 Å². The van der Waals surface area contributed by atoms with E-state index in [9.17, 15) is 4.79 Å². The Morgan fingerprint density at radius 2 is 2.25 bits per heavy atom. The molecule has 3 N–H and O–H groups in total. The minimum absolute atomic E-state index is 0. The van der Waals surface area contributed by atoms with Gasteiger partial charge >= 0.3 is 0 Å². The number of nitrogens with two attached hydrogens (primary N) is 1. The van der Waals surface area contributed by atoms with Crippen LogP contribution in [-0.4, -0.2) is 11.4 Å². The molecule has 2 rings (SSSR count). The zero-order valence-electron chi connectivity index (χ0n) is 11.9. The average Bonchev–Trinajstić information content (AvgIpc) is 2.74. The number of nitrogens with one attached hydrogen (secondary N) is 1. The molecule has 2 atom stereocenters. The summed E-state index contributed by atoms with van der Waals surface area (Å²) in [4.78, 5) is 12.2. The van der Waals surface area contributed by atoms with E-state index in [4.69, 9.17) is 17.3 Å². The highest BCUT2D eigenvalue weighted by Gasteiger charge is 2.32. The number of carbonyl (C=O) groups is 1. The fourth-order valence-electron chi connectivity index (χ4n) is 2.72. The highest BCUT2D eigenvalue weighted by Crippen LogP contribution is 2.35. The number of amides is 1. The third-order valence-corrected chi connectivity index (χ3v) is 4.16. The molecule has 112 valence electrons. The van der Waals surface area contributed by atoms with Crippen LogP contribution in [0, 0.1) is 0 Å². The maximum atomic E-state index is 12.2. The summed E-state index contributed by atoms with van der Waals surface area (Å²) in [7, 11) is 0. The van der Waals surface area contributed by atoms with Crippen molar-refractivity contribution in [3.63, 3.8) is 0 Å². The molecule has 5 heteroatoms. The smallest absolute Gasteiger partial charge is 0.240 e. The number of hydrogen-bond donors (Lipinski definition) is 2. The van der Waals surface area contributed by atoms with Crippen molar-refractivity contribution in [2.24, 2.45) is 5.73 Å². The lowest BCUT2D eigenvalue weighted by molar-refractivity contribution is -0.126. The van der Waals surface area contributed by atoms with Gasteiger partial charge in [0.15, 0.2) is 0 Å². The summed E-state index contributed by atoms with van der Waals surface area (Å²) in [6, 6.07) is 5.90. The van der Waals surface area contributed by atoms with E-state index in [1.165, 1.54) is 0 Å². The summed E-state index contributed by atoms with van der Waals surface area (Å²) >= 11 is 6.17. The van der Waals surface area contributed by atoms with Crippen molar-refractivity contribution in [1.82, 2.24) is 5.32 Å². The minimum atomic E-state index is -0.796. The molecule has 0 spiro atoms. The van der Waals surface area contributed by atoms with Crippen LogP contribution in [0.25, 0.3) is 0 Å². The van der Waals surface area contributed by atoms with Gasteiger partial charge in [-0.15, -0.1) is 12.4 Å². The summed E-state index contributed by atoms with van der Waals surface area (Å²) in [5.74, 6) is -0.0767. The van der Waals surface area contributed by atoms with E-state index >= 15 is 0 Å². The van der Waals surface area contributed by atoms with Crippen molar-refractivity contribution in [2.75, 3.05) is 0 Å². The van der Waals surface area contributed by atoms with Gasteiger partial charge in [-0.3, -0.25) is 4.79 Å². The van der Waals surface area contributed by atoms with Gasteiger partial charge in [-0.25, -0.2) is 0 Å². The highest BCUT2D eigenvalue weighted by atomic mass is 35.5. The van der Waals surface area contributed by atoms with Gasteiger partial charge in [0.2, 0.25) is 5.91 Å². The number of fused-ring (bicyclic) bond motifs is 1. The van der Waals surface area contributed by atoms with E-state index in [-0.39, 0.29) is 24.4 Å². The average molecular weight is 317 g/mol. The second-order valence-corrected chi connectivity index (χ2v) is 5.95. The molecule has 0 saturated heterocycles. The van der Waals surface area contributed by atoms with Gasteiger partial charge in [0, 0.05) is 5.02 Å². The topological polar surface area (TPSA) is 55.1 Å². The first kappa shape index (κ1) is 17.3. The molecular weight excluding hydrogens is 295 g/mol. The van der Waals surface area contributed by atoms with Crippen LogP contribution in [0.5, 0.6) is 0 Å². The minimum Gasteiger partial charge on any atom is -0.348 e. The molecule has 1 aliphatic carbocycles. The number of benzene rings is 1. The van der Waals surface area contributed by atoms with Gasteiger partial charge in [-0.2, -0.15) is 0 Å². The quantitative estimate of drug-likeness (QED) is 0.894. The Morgan fingerprint density at radius 1 is 1.55 bits per heavy atom. The van der Waals surface area contributed by atoms with E-state index in [2.05, 4.69) is 5.32 Å². The summed E-state index contributed by atoms with van der Waals surface area (Å²) in [5, 5.41) is 3.85. The van der Waals surface area contributed by atoms with Crippen LogP contribution < -0.4 is 11.1 Å². The molecule has 0 saturated carbocycles. The molecule has 1 aliphatic rings. The Hall–Kier alpha value is -0.770. The van der Waals surface area contributed by atoms with Gasteiger partial charge in [0.05, 0.1) is 11.6 Å². The number of carbonyl (C=O) groups excluding carboxylic acids is 1. The van der Waals surface area contributed by atoms with Crippen molar-refractivity contribution in [3.8, 4) is 0 Å². The second-order valence-electron chi connectivity index (χ2n) is 5.54. The number of rotatable bonds is 4. The van der Waals surface area contributed by atoms with Crippen LogP contribution in [0.15, 0.2) is 18.2 Å². The normalized spacial score (nSPS) is 19.7. The van der Waals surface area contributed by atoms with E-state index in [1.807, 2.05) is 25.1 Å². The highest BCUT2D eigenvalue weighted by molar-refractivity contribution is 6.31. The zero-order valence-corrected chi connectivity index (χ0v) is 13.5. The summed E-state index contributed by atoms with van der Waals surface area (Å²) in [5.41, 5.74) is 7.55. The first-order chi connectivity index (χ1) is 8.95. The van der Waals surface area contributed by atoms with Gasteiger partial charge in [0.25, 0.3) is 0 Å². The molecule has 0 heterocycles. The molecule has 20 heavy (non-hydrogen) atoms. The lowest BCUT2D eigenvalue weighted by Gasteiger charge is -2.25. The fraction of sp³-hybridized carbons (Fsp3) is 0.533. The maximum Gasteiger partial charge on any atom is 0.240 e. The summed E-state index contributed by atoms with van der Waals surface area (Å²) in [6.07, 6.45) is 3.39. The maximum absolute atomic E-state index is 12.2. The van der Waals surface area contributed by atoms with Crippen LogP contribution in [0.2, 0.25) is 5.02 Å². The molecule has 2 unspecified atom stereocenters. The van der Waals surface area contributed by atoms with E-state index in [0.29, 0.717) is 6.42 Å². The number of halogens is 2. The second kappa shape index (κ2) is 6.79. The van der Waals surface area contributed by atoms with Crippen molar-refractivity contribution in [3.05, 3.63) is 34.3 Å². The van der Waals surface area contributed by atoms with E-state index in [1.54, 1.807) is 6.92 Å². The number of hydrogen-bond acceptors (Lipinski definition) is 2. The Labute approximate surface area is 131 Å². The fourth-order valence-corrected chi connectivity index (χ4v) is 2.99. The van der Waals surface area contributed by atoms with Gasteiger partial charge in [-0.05, 0) is 43.4 Å². The van der Waals surface area contributed by atoms with Crippen molar-refractivity contribution in [2.45, 2.75) is 51.1 Å². The van der Waals surface area contributed by atoms with Crippen molar-refractivity contribution < 1.29 is 4.79 Å². The third-order valence-electron chi connectivity index (χ3n) is 3.81. The molecule has 0 aliphatic heterocycles. The molecule has 0 bridgehead atoms. The van der Waals surface area contributed by atoms with E-state index in [0.717, 1.165) is 35.4 Å². The van der Waals surface area contributed by atoms with E-state index < -0.39 is 5.54 Å².